The van der Waals surface area contributed by atoms with Crippen molar-refractivity contribution >= 4 is 22.8 Å². The van der Waals surface area contributed by atoms with E-state index in [2.05, 4.69) is 40.3 Å². The van der Waals surface area contributed by atoms with Gasteiger partial charge in [0.25, 0.3) is 5.91 Å². The van der Waals surface area contributed by atoms with E-state index in [0.29, 0.717) is 5.56 Å². The molecule has 1 spiro atoms. The Labute approximate surface area is 235 Å². The summed E-state index contributed by atoms with van der Waals surface area (Å²) in [6, 6.07) is 14.5. The van der Waals surface area contributed by atoms with Crippen LogP contribution in [0.15, 0.2) is 42.6 Å². The van der Waals surface area contributed by atoms with Gasteiger partial charge in [-0.1, -0.05) is 12.1 Å². The first-order valence-electron chi connectivity index (χ1n) is 13.9. The molecule has 1 atom stereocenters. The number of carbonyl (C=O) groups excluding carboxylic acids is 1. The van der Waals surface area contributed by atoms with Crippen molar-refractivity contribution in [3.63, 3.8) is 0 Å². The molecule has 8 nitrogen and oxygen atoms in total. The van der Waals surface area contributed by atoms with E-state index >= 15 is 0 Å². The Morgan fingerprint density at radius 1 is 1.23 bits per heavy atom. The van der Waals surface area contributed by atoms with Crippen molar-refractivity contribution in [2.45, 2.75) is 71.0 Å². The van der Waals surface area contributed by atoms with Gasteiger partial charge in [-0.3, -0.25) is 14.5 Å². The molecular formula is C32H38N4O4. The standard InChI is InChI=1S/C32H38N4O4/c1-20-13-27(40-4)25(24-9-11-34-29(20)24)19-36-12-10-32(14-21(15-32)18-33)16-26(36)22-5-7-23(8-6-22)30(39)35-31(2,3)17-28(37)38/h5-9,11,13,21,26,34H,10,12,14-17,19H2,1-4H3,(H,35,39)(H,37,38). The van der Waals surface area contributed by atoms with Crippen molar-refractivity contribution in [1.82, 2.24) is 15.2 Å². The molecule has 2 heterocycles. The summed E-state index contributed by atoms with van der Waals surface area (Å²) in [5.41, 5.74) is 4.39. The normalized spacial score (nSPS) is 23.0. The fourth-order valence-corrected chi connectivity index (χ4v) is 6.79. The Morgan fingerprint density at radius 2 is 1.95 bits per heavy atom. The molecule has 8 heteroatoms. The quantitative estimate of drug-likeness (QED) is 0.335. The first-order chi connectivity index (χ1) is 19.0. The summed E-state index contributed by atoms with van der Waals surface area (Å²) >= 11 is 0. The van der Waals surface area contributed by atoms with E-state index in [1.165, 1.54) is 5.39 Å². The first kappa shape index (κ1) is 27.7. The van der Waals surface area contributed by atoms with Crippen LogP contribution >= 0.6 is 0 Å². The Hall–Kier alpha value is -3.83. The topological polar surface area (TPSA) is 118 Å². The molecular weight excluding hydrogens is 504 g/mol. The smallest absolute Gasteiger partial charge is 0.305 e. The number of nitriles is 1. The zero-order valence-corrected chi connectivity index (χ0v) is 23.7. The summed E-state index contributed by atoms with van der Waals surface area (Å²) in [6.07, 6.45) is 5.74. The zero-order chi connectivity index (χ0) is 28.7. The fourth-order valence-electron chi connectivity index (χ4n) is 6.79. The number of fused-ring (bicyclic) bond motifs is 1. The number of aryl methyl sites for hydroxylation is 1. The predicted molar refractivity (Wildman–Crippen MR) is 153 cm³/mol. The molecule has 0 radical (unpaired) electrons. The number of carboxylic acids is 1. The minimum absolute atomic E-state index is 0.133. The number of carbonyl (C=O) groups is 2. The SMILES string of the molecule is COc1cc(C)c2[nH]ccc2c1CN1CCC2(CC(C#N)C2)CC1c1ccc(C(=O)NC(C)(C)CC(=O)O)cc1. The summed E-state index contributed by atoms with van der Waals surface area (Å²) < 4.78 is 5.84. The summed E-state index contributed by atoms with van der Waals surface area (Å²) in [7, 11) is 1.72. The van der Waals surface area contributed by atoms with Crippen LogP contribution in [0.2, 0.25) is 0 Å². The Kier molecular flexibility index (Phi) is 7.36. The number of ether oxygens (including phenoxy) is 1. The average molecular weight is 543 g/mol. The molecule has 2 aliphatic rings. The maximum Gasteiger partial charge on any atom is 0.305 e. The van der Waals surface area contributed by atoms with Gasteiger partial charge >= 0.3 is 5.97 Å². The minimum Gasteiger partial charge on any atom is -0.496 e. The van der Waals surface area contributed by atoms with Crippen LogP contribution in [0.25, 0.3) is 10.9 Å². The molecule has 5 rings (SSSR count). The van der Waals surface area contributed by atoms with Crippen LogP contribution in [0.3, 0.4) is 0 Å². The van der Waals surface area contributed by atoms with E-state index < -0.39 is 11.5 Å². The van der Waals surface area contributed by atoms with E-state index in [4.69, 9.17) is 9.84 Å². The molecule has 1 amide bonds. The summed E-state index contributed by atoms with van der Waals surface area (Å²) in [4.78, 5) is 29.9. The number of amides is 1. The van der Waals surface area contributed by atoms with Crippen LogP contribution in [0, 0.1) is 29.6 Å². The third-order valence-corrected chi connectivity index (χ3v) is 8.83. The van der Waals surface area contributed by atoms with Gasteiger partial charge < -0.3 is 20.1 Å². The van der Waals surface area contributed by atoms with Crippen LogP contribution in [-0.2, 0) is 11.3 Å². The minimum atomic E-state index is -0.955. The number of carboxylic acid groups (broad SMARTS) is 1. The highest BCUT2D eigenvalue weighted by Crippen LogP contribution is 2.56. The lowest BCUT2D eigenvalue weighted by atomic mass is 9.56. The van der Waals surface area contributed by atoms with Gasteiger partial charge in [0, 0.05) is 52.3 Å². The molecule has 2 fully saturated rings. The van der Waals surface area contributed by atoms with E-state index in [1.54, 1.807) is 21.0 Å². The molecule has 2 aromatic carbocycles. The van der Waals surface area contributed by atoms with Gasteiger partial charge in [0.05, 0.1) is 19.6 Å². The molecule has 40 heavy (non-hydrogen) atoms. The fraction of sp³-hybridized carbons (Fsp3) is 0.469. The molecule has 1 aromatic heterocycles. The van der Waals surface area contributed by atoms with Crippen LogP contribution in [0.1, 0.15) is 79.0 Å². The molecule has 1 aliphatic heterocycles. The molecule has 1 saturated carbocycles. The van der Waals surface area contributed by atoms with Crippen LogP contribution < -0.4 is 10.1 Å². The highest BCUT2D eigenvalue weighted by Gasteiger charge is 2.49. The molecule has 3 N–H and O–H groups in total. The lowest BCUT2D eigenvalue weighted by Crippen LogP contribution is -2.48. The monoisotopic (exact) mass is 542 g/mol. The Balaban J connectivity index is 1.42. The predicted octanol–water partition coefficient (Wildman–Crippen LogP) is 5.73. The van der Waals surface area contributed by atoms with Crippen molar-refractivity contribution in [2.75, 3.05) is 13.7 Å². The van der Waals surface area contributed by atoms with E-state index in [0.717, 1.165) is 66.7 Å². The first-order valence-corrected chi connectivity index (χ1v) is 13.9. The lowest BCUT2D eigenvalue weighted by Gasteiger charge is -2.53. The van der Waals surface area contributed by atoms with Crippen molar-refractivity contribution in [1.29, 1.82) is 5.26 Å². The maximum atomic E-state index is 12.9. The van der Waals surface area contributed by atoms with Crippen molar-refractivity contribution < 1.29 is 19.4 Å². The number of nitrogens with zero attached hydrogens (tertiary/aromatic N) is 2. The van der Waals surface area contributed by atoms with Gasteiger partial charge in [-0.15, -0.1) is 0 Å². The highest BCUT2D eigenvalue weighted by atomic mass is 16.5. The number of hydrogen-bond donors (Lipinski definition) is 3. The second kappa shape index (κ2) is 10.6. The van der Waals surface area contributed by atoms with Gasteiger partial charge in [0.2, 0.25) is 0 Å². The Bertz CT molecular complexity index is 1460. The van der Waals surface area contributed by atoms with Crippen LogP contribution in [0.4, 0.5) is 0 Å². The highest BCUT2D eigenvalue weighted by molar-refractivity contribution is 5.95. The number of rotatable bonds is 8. The summed E-state index contributed by atoms with van der Waals surface area (Å²) in [5.74, 6) is -0.217. The third-order valence-electron chi connectivity index (χ3n) is 8.83. The average Bonchev–Trinajstić information content (AvgIpc) is 3.39. The van der Waals surface area contributed by atoms with Gasteiger partial charge in [-0.2, -0.15) is 5.26 Å². The summed E-state index contributed by atoms with van der Waals surface area (Å²) in [5, 5.41) is 22.6. The largest absolute Gasteiger partial charge is 0.496 e. The molecule has 0 bridgehead atoms. The van der Waals surface area contributed by atoms with Crippen LogP contribution in [0.5, 0.6) is 5.75 Å². The number of benzene rings is 2. The molecule has 1 saturated heterocycles. The number of aromatic amines is 1. The van der Waals surface area contributed by atoms with Crippen molar-refractivity contribution in [3.8, 4) is 11.8 Å². The molecule has 1 aliphatic carbocycles. The number of aliphatic carboxylic acids is 1. The van der Waals surface area contributed by atoms with Gasteiger partial charge in [-0.25, -0.2) is 0 Å². The number of aromatic nitrogens is 1. The Morgan fingerprint density at radius 3 is 2.60 bits per heavy atom. The van der Waals surface area contributed by atoms with E-state index in [1.807, 2.05) is 30.5 Å². The van der Waals surface area contributed by atoms with Crippen LogP contribution in [-0.4, -0.2) is 46.1 Å². The molecule has 3 aromatic rings. The number of piperidine rings is 1. The van der Waals surface area contributed by atoms with E-state index in [9.17, 15) is 14.9 Å². The van der Waals surface area contributed by atoms with Crippen molar-refractivity contribution in [2.24, 2.45) is 11.3 Å². The van der Waals surface area contributed by atoms with Gasteiger partial charge in [-0.05, 0) is 93.8 Å². The van der Waals surface area contributed by atoms with Gasteiger partial charge in [0.15, 0.2) is 0 Å². The molecule has 210 valence electrons. The second-order valence-electron chi connectivity index (χ2n) is 12.3. The lowest BCUT2D eigenvalue weighted by molar-refractivity contribution is -0.138. The van der Waals surface area contributed by atoms with E-state index in [-0.39, 0.29) is 29.7 Å². The second-order valence-corrected chi connectivity index (χ2v) is 12.3. The zero-order valence-electron chi connectivity index (χ0n) is 23.7. The number of hydrogen-bond acceptors (Lipinski definition) is 5. The number of H-pyrrole nitrogens is 1. The number of methoxy groups -OCH3 is 1. The van der Waals surface area contributed by atoms with Gasteiger partial charge in [0.1, 0.15) is 5.75 Å². The van der Waals surface area contributed by atoms with Crippen molar-refractivity contribution in [3.05, 3.63) is 64.8 Å². The maximum absolute atomic E-state index is 12.9. The molecule has 1 unspecified atom stereocenters. The number of nitrogens with one attached hydrogen (secondary N) is 2. The third kappa shape index (κ3) is 5.44. The summed E-state index contributed by atoms with van der Waals surface area (Å²) in [6.45, 7) is 7.14. The number of likely N-dealkylation sites (tertiary alicyclic amines) is 1.